The van der Waals surface area contributed by atoms with Crippen LogP contribution in [0.2, 0.25) is 0 Å². The Hall–Kier alpha value is -0.320. The van der Waals surface area contributed by atoms with Crippen LogP contribution >= 0.6 is 12.4 Å². The molecule has 0 radical (unpaired) electrons. The average Bonchev–Trinajstić information content (AvgIpc) is 2.58. The van der Waals surface area contributed by atoms with Crippen LogP contribution in [-0.4, -0.2) is 36.9 Å². The maximum absolute atomic E-state index is 10.7. The number of methoxy groups -OCH3 is 1. The molecular weight excluding hydrogens is 206 g/mol. The third-order valence-electron chi connectivity index (χ3n) is 2.65. The summed E-state index contributed by atoms with van der Waals surface area (Å²) in [5.74, 6) is -1.24. The molecule has 14 heavy (non-hydrogen) atoms. The van der Waals surface area contributed by atoms with Gasteiger partial charge >= 0.3 is 5.97 Å². The summed E-state index contributed by atoms with van der Waals surface area (Å²) in [4.78, 5) is 10.7. The topological polar surface area (TPSA) is 58.6 Å². The van der Waals surface area contributed by atoms with Crippen LogP contribution in [-0.2, 0) is 9.53 Å². The highest BCUT2D eigenvalue weighted by Crippen LogP contribution is 2.18. The fourth-order valence-corrected chi connectivity index (χ4v) is 1.85. The SMILES string of the molecule is CO[C@H]([C@H]1CCCN1)[C@@H](C)C(=O)O.Cl. The third-order valence-corrected chi connectivity index (χ3v) is 2.65. The van der Waals surface area contributed by atoms with Gasteiger partial charge < -0.3 is 15.2 Å². The van der Waals surface area contributed by atoms with Gasteiger partial charge in [-0.2, -0.15) is 0 Å². The minimum Gasteiger partial charge on any atom is -0.481 e. The van der Waals surface area contributed by atoms with E-state index in [-0.39, 0.29) is 24.6 Å². The molecule has 1 saturated heterocycles. The van der Waals surface area contributed by atoms with E-state index in [1.54, 1.807) is 14.0 Å². The molecule has 0 bridgehead atoms. The molecule has 0 aromatic heterocycles. The molecule has 4 nitrogen and oxygen atoms in total. The number of halogens is 1. The zero-order valence-corrected chi connectivity index (χ0v) is 9.34. The predicted octanol–water partition coefficient (Wildman–Crippen LogP) is 0.896. The molecule has 0 unspecified atom stereocenters. The van der Waals surface area contributed by atoms with Crippen LogP contribution in [0.4, 0.5) is 0 Å². The van der Waals surface area contributed by atoms with Gasteiger partial charge in [0.1, 0.15) is 0 Å². The monoisotopic (exact) mass is 223 g/mol. The number of hydrogen-bond donors (Lipinski definition) is 2. The van der Waals surface area contributed by atoms with Crippen LogP contribution in [0.15, 0.2) is 0 Å². The molecule has 3 atom stereocenters. The maximum atomic E-state index is 10.7. The number of carboxylic acids is 1. The van der Waals surface area contributed by atoms with Crippen LogP contribution in [0.25, 0.3) is 0 Å². The van der Waals surface area contributed by atoms with E-state index in [9.17, 15) is 4.79 Å². The fourth-order valence-electron chi connectivity index (χ4n) is 1.85. The van der Waals surface area contributed by atoms with Gasteiger partial charge in [-0.15, -0.1) is 12.4 Å². The first kappa shape index (κ1) is 13.7. The van der Waals surface area contributed by atoms with Gasteiger partial charge in [-0.25, -0.2) is 0 Å². The molecule has 1 fully saturated rings. The Balaban J connectivity index is 0.00000169. The number of nitrogens with one attached hydrogen (secondary N) is 1. The van der Waals surface area contributed by atoms with Crippen LogP contribution in [0, 0.1) is 5.92 Å². The summed E-state index contributed by atoms with van der Waals surface area (Å²) in [5.41, 5.74) is 0. The van der Waals surface area contributed by atoms with Crippen molar-refractivity contribution in [3.8, 4) is 0 Å². The number of carboxylic acid groups (broad SMARTS) is 1. The molecule has 0 aromatic carbocycles. The highest BCUT2D eigenvalue weighted by molar-refractivity contribution is 5.85. The van der Waals surface area contributed by atoms with Gasteiger partial charge in [0, 0.05) is 13.2 Å². The lowest BCUT2D eigenvalue weighted by Crippen LogP contribution is -2.43. The zero-order chi connectivity index (χ0) is 9.84. The van der Waals surface area contributed by atoms with Gasteiger partial charge in [0.2, 0.25) is 0 Å². The first-order chi connectivity index (χ1) is 6.16. The molecule has 84 valence electrons. The molecular formula is C9H18ClNO3. The molecule has 0 spiro atoms. The normalized spacial score (nSPS) is 25.1. The minimum atomic E-state index is -0.791. The molecule has 0 amide bonds. The van der Waals surface area contributed by atoms with Crippen molar-refractivity contribution in [2.75, 3.05) is 13.7 Å². The second-order valence-corrected chi connectivity index (χ2v) is 3.53. The third kappa shape index (κ3) is 3.12. The van der Waals surface area contributed by atoms with Gasteiger partial charge in [0.15, 0.2) is 0 Å². The van der Waals surface area contributed by atoms with Crippen LogP contribution in [0.3, 0.4) is 0 Å². The van der Waals surface area contributed by atoms with Crippen molar-refractivity contribution in [3.05, 3.63) is 0 Å². The van der Waals surface area contributed by atoms with Crippen LogP contribution in [0.1, 0.15) is 19.8 Å². The van der Waals surface area contributed by atoms with Crippen molar-refractivity contribution >= 4 is 18.4 Å². The predicted molar refractivity (Wildman–Crippen MR) is 55.9 cm³/mol. The van der Waals surface area contributed by atoms with E-state index in [1.165, 1.54) is 0 Å². The lowest BCUT2D eigenvalue weighted by Gasteiger charge is -2.25. The Morgan fingerprint density at radius 2 is 2.29 bits per heavy atom. The molecule has 0 aromatic rings. The lowest BCUT2D eigenvalue weighted by atomic mass is 9.97. The number of aliphatic carboxylic acids is 1. The number of hydrogen-bond acceptors (Lipinski definition) is 3. The minimum absolute atomic E-state index is 0. The fraction of sp³-hybridized carbons (Fsp3) is 0.889. The van der Waals surface area contributed by atoms with Crippen molar-refractivity contribution in [3.63, 3.8) is 0 Å². The molecule has 0 saturated carbocycles. The Kier molecular flexibility index (Phi) is 6.08. The quantitative estimate of drug-likeness (QED) is 0.744. The van der Waals surface area contributed by atoms with Crippen molar-refractivity contribution in [2.45, 2.75) is 31.9 Å². The van der Waals surface area contributed by atoms with Crippen LogP contribution in [0.5, 0.6) is 0 Å². The lowest BCUT2D eigenvalue weighted by molar-refractivity contribution is -0.146. The maximum Gasteiger partial charge on any atom is 0.308 e. The average molecular weight is 224 g/mol. The van der Waals surface area contributed by atoms with E-state index in [0.29, 0.717) is 0 Å². The van der Waals surface area contributed by atoms with E-state index in [2.05, 4.69) is 5.32 Å². The Morgan fingerprint density at radius 1 is 1.64 bits per heavy atom. The van der Waals surface area contributed by atoms with Gasteiger partial charge in [0.25, 0.3) is 0 Å². The van der Waals surface area contributed by atoms with Gasteiger partial charge in [0.05, 0.1) is 12.0 Å². The standard InChI is InChI=1S/C9H17NO3.ClH/c1-6(9(11)12)8(13-2)7-4-3-5-10-7;/h6-8,10H,3-5H2,1-2H3,(H,11,12);1H/t6-,7-,8+;/m1./s1. The highest BCUT2D eigenvalue weighted by Gasteiger charge is 2.32. The summed E-state index contributed by atoms with van der Waals surface area (Å²) >= 11 is 0. The van der Waals surface area contributed by atoms with Gasteiger partial charge in [-0.3, -0.25) is 4.79 Å². The van der Waals surface area contributed by atoms with Crippen molar-refractivity contribution in [2.24, 2.45) is 5.92 Å². The number of rotatable bonds is 4. The first-order valence-electron chi connectivity index (χ1n) is 4.65. The first-order valence-corrected chi connectivity index (χ1v) is 4.65. The summed E-state index contributed by atoms with van der Waals surface area (Å²) in [6.07, 6.45) is 1.91. The smallest absolute Gasteiger partial charge is 0.308 e. The zero-order valence-electron chi connectivity index (χ0n) is 8.53. The van der Waals surface area contributed by atoms with E-state index >= 15 is 0 Å². The summed E-state index contributed by atoms with van der Waals surface area (Å²) in [6, 6.07) is 0.205. The van der Waals surface area contributed by atoms with E-state index < -0.39 is 11.9 Å². The Morgan fingerprint density at radius 3 is 2.64 bits per heavy atom. The van der Waals surface area contributed by atoms with E-state index in [0.717, 1.165) is 19.4 Å². The second-order valence-electron chi connectivity index (χ2n) is 3.53. The van der Waals surface area contributed by atoms with Gasteiger partial charge in [-0.1, -0.05) is 0 Å². The largest absolute Gasteiger partial charge is 0.481 e. The summed E-state index contributed by atoms with van der Waals surface area (Å²) in [5, 5.41) is 12.1. The molecule has 5 heteroatoms. The van der Waals surface area contributed by atoms with Crippen molar-refractivity contribution in [1.82, 2.24) is 5.32 Å². The summed E-state index contributed by atoms with van der Waals surface area (Å²) < 4.78 is 5.21. The van der Waals surface area contributed by atoms with Crippen LogP contribution < -0.4 is 5.32 Å². The number of carbonyl (C=O) groups is 1. The Labute approximate surface area is 90.4 Å². The molecule has 1 aliphatic heterocycles. The number of ether oxygens (including phenoxy) is 1. The van der Waals surface area contributed by atoms with Crippen molar-refractivity contribution < 1.29 is 14.6 Å². The summed E-state index contributed by atoms with van der Waals surface area (Å²) in [7, 11) is 1.57. The Bertz CT molecular complexity index is 183. The van der Waals surface area contributed by atoms with Gasteiger partial charge in [-0.05, 0) is 26.3 Å². The molecule has 1 aliphatic rings. The molecule has 2 N–H and O–H groups in total. The van der Waals surface area contributed by atoms with E-state index in [4.69, 9.17) is 9.84 Å². The summed E-state index contributed by atoms with van der Waals surface area (Å²) in [6.45, 7) is 2.66. The second kappa shape index (κ2) is 6.22. The molecule has 1 heterocycles. The highest BCUT2D eigenvalue weighted by atomic mass is 35.5. The molecule has 1 rings (SSSR count). The van der Waals surface area contributed by atoms with Crippen molar-refractivity contribution in [1.29, 1.82) is 0 Å². The molecule has 0 aliphatic carbocycles. The van der Waals surface area contributed by atoms with E-state index in [1.807, 2.05) is 0 Å².